The zero-order chi connectivity index (χ0) is 18.7. The molecule has 0 bridgehead atoms. The number of carbonyl (C=O) groups is 1. The van der Waals surface area contributed by atoms with E-state index in [-0.39, 0.29) is 17.6 Å². The Labute approximate surface area is 156 Å². The molecule has 8 heteroatoms. The van der Waals surface area contributed by atoms with E-state index in [1.807, 2.05) is 35.9 Å². The summed E-state index contributed by atoms with van der Waals surface area (Å²) in [5.41, 5.74) is 0.147. The van der Waals surface area contributed by atoms with Crippen molar-refractivity contribution >= 4 is 17.7 Å². The summed E-state index contributed by atoms with van der Waals surface area (Å²) < 4.78 is 7.01. The topological polar surface area (TPSA) is 92.8 Å². The highest BCUT2D eigenvalue weighted by atomic mass is 32.2. The molecular weight excluding hydrogens is 350 g/mol. The zero-order valence-corrected chi connectivity index (χ0v) is 15.8. The van der Waals surface area contributed by atoms with Crippen LogP contribution in [-0.2, 0) is 11.8 Å². The van der Waals surface area contributed by atoms with Gasteiger partial charge in [-0.1, -0.05) is 11.8 Å². The van der Waals surface area contributed by atoms with E-state index in [1.54, 1.807) is 14.0 Å². The van der Waals surface area contributed by atoms with Crippen molar-refractivity contribution < 1.29 is 9.53 Å². The average Bonchev–Trinajstić information content (AvgIpc) is 3.45. The lowest BCUT2D eigenvalue weighted by atomic mass is 9.98. The normalized spacial score (nSPS) is 15.8. The summed E-state index contributed by atoms with van der Waals surface area (Å²) in [6.07, 6.45) is 1.98. The summed E-state index contributed by atoms with van der Waals surface area (Å²) >= 11 is 1.30. The molecule has 1 aliphatic rings. The number of benzene rings is 1. The quantitative estimate of drug-likeness (QED) is 0.751. The second-order valence-corrected chi connectivity index (χ2v) is 7.46. The third-order valence-corrected chi connectivity index (χ3v) is 5.56. The van der Waals surface area contributed by atoms with Crippen LogP contribution >= 0.6 is 11.8 Å². The van der Waals surface area contributed by atoms with Gasteiger partial charge in [0.1, 0.15) is 11.3 Å². The molecule has 1 aromatic carbocycles. The second-order valence-electron chi connectivity index (χ2n) is 6.52. The minimum absolute atomic E-state index is 0.167. The van der Waals surface area contributed by atoms with Gasteiger partial charge in [-0.15, -0.1) is 10.2 Å². The van der Waals surface area contributed by atoms with Gasteiger partial charge in [-0.25, -0.2) is 0 Å². The van der Waals surface area contributed by atoms with Crippen LogP contribution in [0.5, 0.6) is 5.75 Å². The largest absolute Gasteiger partial charge is 0.497 e. The lowest BCUT2D eigenvalue weighted by Gasteiger charge is -2.22. The molecule has 136 valence electrons. The lowest BCUT2D eigenvalue weighted by molar-refractivity contribution is -0.119. The van der Waals surface area contributed by atoms with Gasteiger partial charge in [0, 0.05) is 12.6 Å². The fraction of sp³-hybridized carbons (Fsp3) is 0.444. The molecule has 0 aliphatic heterocycles. The van der Waals surface area contributed by atoms with E-state index in [0.29, 0.717) is 5.16 Å². The van der Waals surface area contributed by atoms with Gasteiger partial charge in [-0.05, 0) is 49.9 Å². The van der Waals surface area contributed by atoms with Crippen molar-refractivity contribution in [2.45, 2.75) is 30.5 Å². The summed E-state index contributed by atoms with van der Waals surface area (Å²) in [4.78, 5) is 12.2. The van der Waals surface area contributed by atoms with Crippen LogP contribution in [0, 0.1) is 17.2 Å². The molecule has 1 atom stereocenters. The van der Waals surface area contributed by atoms with Gasteiger partial charge in [0.25, 0.3) is 0 Å². The maximum absolute atomic E-state index is 12.2. The van der Waals surface area contributed by atoms with Crippen molar-refractivity contribution in [1.82, 2.24) is 20.1 Å². The number of nitrogens with one attached hydrogen (secondary N) is 1. The highest BCUT2D eigenvalue weighted by molar-refractivity contribution is 7.99. The molecule has 1 aromatic heterocycles. The van der Waals surface area contributed by atoms with Crippen LogP contribution in [0.1, 0.15) is 19.8 Å². The van der Waals surface area contributed by atoms with Crippen LogP contribution in [0.2, 0.25) is 0 Å². The minimum Gasteiger partial charge on any atom is -0.497 e. The number of methoxy groups -OCH3 is 1. The Morgan fingerprint density at radius 1 is 1.42 bits per heavy atom. The molecule has 1 aliphatic carbocycles. The molecule has 1 N–H and O–H groups in total. The minimum atomic E-state index is -0.772. The van der Waals surface area contributed by atoms with Crippen molar-refractivity contribution in [3.05, 3.63) is 24.3 Å². The van der Waals surface area contributed by atoms with Crippen molar-refractivity contribution in [3.8, 4) is 23.2 Å². The monoisotopic (exact) mass is 371 g/mol. The molecule has 26 heavy (non-hydrogen) atoms. The fourth-order valence-electron chi connectivity index (χ4n) is 2.77. The molecule has 1 amide bonds. The van der Waals surface area contributed by atoms with E-state index < -0.39 is 5.54 Å². The molecule has 1 fully saturated rings. The Kier molecular flexibility index (Phi) is 5.18. The van der Waals surface area contributed by atoms with Crippen LogP contribution in [-0.4, -0.2) is 39.1 Å². The fourth-order valence-corrected chi connectivity index (χ4v) is 3.48. The molecule has 1 heterocycles. The highest BCUT2D eigenvalue weighted by Crippen LogP contribution is 2.39. The Balaban J connectivity index is 1.63. The third kappa shape index (κ3) is 3.83. The first-order valence-electron chi connectivity index (χ1n) is 8.35. The number of carbonyl (C=O) groups excluding carboxylic acids is 1. The molecular formula is C18H21N5O2S. The molecule has 1 unspecified atom stereocenters. The molecule has 3 rings (SSSR count). The summed E-state index contributed by atoms with van der Waals surface area (Å²) in [5.74, 6) is 1.78. The maximum Gasteiger partial charge on any atom is 0.231 e. The number of nitriles is 1. The van der Waals surface area contributed by atoms with E-state index in [2.05, 4.69) is 21.6 Å². The third-order valence-electron chi connectivity index (χ3n) is 4.54. The SMILES string of the molecule is COc1ccc(-c2nnc(SCC(=O)NC(C)(C#N)C3CC3)n2C)cc1. The van der Waals surface area contributed by atoms with Crippen molar-refractivity contribution in [2.75, 3.05) is 12.9 Å². The van der Waals surface area contributed by atoms with Gasteiger partial charge >= 0.3 is 0 Å². The number of hydrogen-bond acceptors (Lipinski definition) is 6. The van der Waals surface area contributed by atoms with Gasteiger partial charge < -0.3 is 14.6 Å². The number of ether oxygens (including phenoxy) is 1. The number of hydrogen-bond donors (Lipinski definition) is 1. The molecule has 1 saturated carbocycles. The van der Waals surface area contributed by atoms with Crippen LogP contribution in [0.25, 0.3) is 11.4 Å². The predicted octanol–water partition coefficient (Wildman–Crippen LogP) is 2.39. The van der Waals surface area contributed by atoms with Crippen LogP contribution < -0.4 is 10.1 Å². The van der Waals surface area contributed by atoms with Gasteiger partial charge in [-0.2, -0.15) is 5.26 Å². The summed E-state index contributed by atoms with van der Waals surface area (Å²) in [6, 6.07) is 9.79. The molecule has 0 radical (unpaired) electrons. The number of amides is 1. The van der Waals surface area contributed by atoms with Crippen LogP contribution in [0.4, 0.5) is 0 Å². The smallest absolute Gasteiger partial charge is 0.231 e. The van der Waals surface area contributed by atoms with Crippen LogP contribution in [0.3, 0.4) is 0 Å². The Bertz CT molecular complexity index is 838. The molecule has 2 aromatic rings. The van der Waals surface area contributed by atoms with Gasteiger partial charge in [0.05, 0.1) is 18.9 Å². The highest BCUT2D eigenvalue weighted by Gasteiger charge is 2.42. The standard InChI is InChI=1S/C18H21N5O2S/c1-18(11-19,13-6-7-13)20-15(24)10-26-17-22-21-16(23(17)2)12-4-8-14(25-3)9-5-12/h4-5,8-9,13H,6-7,10H2,1-3H3,(H,20,24). The Morgan fingerprint density at radius 2 is 2.12 bits per heavy atom. The van der Waals surface area contributed by atoms with Crippen molar-refractivity contribution in [3.63, 3.8) is 0 Å². The lowest BCUT2D eigenvalue weighted by Crippen LogP contribution is -2.47. The molecule has 7 nitrogen and oxygen atoms in total. The Morgan fingerprint density at radius 3 is 2.69 bits per heavy atom. The first-order chi connectivity index (χ1) is 12.5. The van der Waals surface area contributed by atoms with E-state index in [0.717, 1.165) is 30.0 Å². The maximum atomic E-state index is 12.2. The first kappa shape index (κ1) is 18.3. The Hall–Kier alpha value is -2.53. The van der Waals surface area contributed by atoms with Crippen LogP contribution in [0.15, 0.2) is 29.4 Å². The summed E-state index contributed by atoms with van der Waals surface area (Å²) in [6.45, 7) is 1.79. The van der Waals surface area contributed by atoms with Gasteiger partial charge in [0.15, 0.2) is 11.0 Å². The predicted molar refractivity (Wildman–Crippen MR) is 98.6 cm³/mol. The second kappa shape index (κ2) is 7.38. The van der Waals surface area contributed by atoms with Crippen molar-refractivity contribution in [1.29, 1.82) is 5.26 Å². The van der Waals surface area contributed by atoms with Gasteiger partial charge in [-0.3, -0.25) is 4.79 Å². The van der Waals surface area contributed by atoms with Gasteiger partial charge in [0.2, 0.25) is 5.91 Å². The van der Waals surface area contributed by atoms with E-state index in [4.69, 9.17) is 4.74 Å². The number of aromatic nitrogens is 3. The van der Waals surface area contributed by atoms with E-state index in [9.17, 15) is 10.1 Å². The average molecular weight is 371 g/mol. The number of nitrogens with zero attached hydrogens (tertiary/aromatic N) is 4. The first-order valence-corrected chi connectivity index (χ1v) is 9.34. The molecule has 0 spiro atoms. The number of rotatable bonds is 7. The summed E-state index contributed by atoms with van der Waals surface area (Å²) in [7, 11) is 3.49. The van der Waals surface area contributed by atoms with E-state index in [1.165, 1.54) is 11.8 Å². The number of thioether (sulfide) groups is 1. The zero-order valence-electron chi connectivity index (χ0n) is 15.0. The molecule has 0 saturated heterocycles. The summed E-state index contributed by atoms with van der Waals surface area (Å²) in [5, 5.41) is 21.2. The van der Waals surface area contributed by atoms with E-state index >= 15 is 0 Å². The van der Waals surface area contributed by atoms with Crippen molar-refractivity contribution in [2.24, 2.45) is 13.0 Å².